The maximum Gasteiger partial charge on any atom is 0.138 e. The lowest BCUT2D eigenvalue weighted by molar-refractivity contribution is 0.272. The molecule has 1 fully saturated rings. The third-order valence-electron chi connectivity index (χ3n) is 4.26. The molecule has 0 radical (unpaired) electrons. The van der Waals surface area contributed by atoms with Gasteiger partial charge in [0.2, 0.25) is 0 Å². The molecule has 0 aliphatic carbocycles. The Morgan fingerprint density at radius 1 is 1.33 bits per heavy atom. The van der Waals surface area contributed by atoms with Gasteiger partial charge in [-0.1, -0.05) is 31.3 Å². The van der Waals surface area contributed by atoms with Crippen LogP contribution in [0.3, 0.4) is 0 Å². The molecule has 0 saturated carbocycles. The number of aliphatic hydroxyl groups is 1. The van der Waals surface area contributed by atoms with Crippen LogP contribution in [0, 0.1) is 23.6 Å². The third kappa shape index (κ3) is 4.84. The van der Waals surface area contributed by atoms with Crippen LogP contribution in [-0.4, -0.2) is 29.7 Å². The van der Waals surface area contributed by atoms with Gasteiger partial charge in [-0.3, -0.25) is 4.90 Å². The normalized spacial score (nSPS) is 19.7. The molecule has 1 aliphatic heterocycles. The van der Waals surface area contributed by atoms with Crippen molar-refractivity contribution in [3.8, 4) is 11.8 Å². The lowest BCUT2D eigenvalue weighted by Gasteiger charge is -2.20. The summed E-state index contributed by atoms with van der Waals surface area (Å²) in [5.41, 5.74) is 1.47. The average molecular weight is 289 g/mol. The van der Waals surface area contributed by atoms with Crippen LogP contribution in [-0.2, 0) is 6.54 Å². The molecular weight excluding hydrogens is 265 g/mol. The molecule has 1 saturated heterocycles. The lowest BCUT2D eigenvalue weighted by Crippen LogP contribution is -2.24. The van der Waals surface area contributed by atoms with Crippen LogP contribution in [0.2, 0.25) is 0 Å². The summed E-state index contributed by atoms with van der Waals surface area (Å²) in [6.45, 7) is 5.12. The highest BCUT2D eigenvalue weighted by Crippen LogP contribution is 2.21. The molecule has 21 heavy (non-hydrogen) atoms. The van der Waals surface area contributed by atoms with E-state index in [0.29, 0.717) is 5.56 Å². The number of hydrogen-bond donors (Lipinski definition) is 1. The maximum absolute atomic E-state index is 13.6. The van der Waals surface area contributed by atoms with Crippen LogP contribution in [0.5, 0.6) is 0 Å². The second kappa shape index (κ2) is 8.17. The first-order chi connectivity index (χ1) is 10.2. The van der Waals surface area contributed by atoms with Crippen molar-refractivity contribution in [3.63, 3.8) is 0 Å². The van der Waals surface area contributed by atoms with E-state index >= 15 is 0 Å². The number of benzene rings is 1. The molecule has 2 rings (SSSR count). The number of nitrogens with zero attached hydrogens (tertiary/aromatic N) is 1. The molecule has 1 unspecified atom stereocenters. The Kier molecular flexibility index (Phi) is 6.22. The van der Waals surface area contributed by atoms with Crippen LogP contribution in [0.4, 0.5) is 4.39 Å². The fourth-order valence-electron chi connectivity index (χ4n) is 2.95. The summed E-state index contributed by atoms with van der Waals surface area (Å²) in [5, 5.41) is 8.72. The summed E-state index contributed by atoms with van der Waals surface area (Å²) >= 11 is 0. The third-order valence-corrected chi connectivity index (χ3v) is 4.26. The molecular formula is C18H24FNO. The quantitative estimate of drug-likeness (QED) is 0.864. The van der Waals surface area contributed by atoms with E-state index in [1.54, 1.807) is 6.07 Å². The van der Waals surface area contributed by atoms with E-state index in [4.69, 9.17) is 5.11 Å². The van der Waals surface area contributed by atoms with Crippen molar-refractivity contribution in [2.24, 2.45) is 5.92 Å². The highest BCUT2D eigenvalue weighted by Gasteiger charge is 2.16. The van der Waals surface area contributed by atoms with E-state index in [1.807, 2.05) is 6.07 Å². The first-order valence-corrected chi connectivity index (χ1v) is 7.83. The average Bonchev–Trinajstić information content (AvgIpc) is 2.73. The van der Waals surface area contributed by atoms with Gasteiger partial charge in [-0.05, 0) is 56.0 Å². The van der Waals surface area contributed by atoms with Crippen molar-refractivity contribution >= 4 is 0 Å². The summed E-state index contributed by atoms with van der Waals surface area (Å²) < 4.78 is 13.6. The molecule has 1 aliphatic rings. The smallest absolute Gasteiger partial charge is 0.138 e. The Hall–Kier alpha value is -1.37. The van der Waals surface area contributed by atoms with Gasteiger partial charge in [0.1, 0.15) is 12.4 Å². The Bertz CT molecular complexity index is 518. The summed E-state index contributed by atoms with van der Waals surface area (Å²) in [6.07, 6.45) is 5.10. The summed E-state index contributed by atoms with van der Waals surface area (Å²) in [6, 6.07) is 5.12. The Balaban J connectivity index is 2.02. The number of hydrogen-bond acceptors (Lipinski definition) is 2. The number of likely N-dealkylation sites (tertiary alicyclic amines) is 1. The van der Waals surface area contributed by atoms with Crippen LogP contribution in [0.15, 0.2) is 18.2 Å². The van der Waals surface area contributed by atoms with E-state index in [0.717, 1.165) is 31.1 Å². The molecule has 1 aromatic rings. The molecule has 0 bridgehead atoms. The molecule has 114 valence electrons. The van der Waals surface area contributed by atoms with E-state index in [-0.39, 0.29) is 12.4 Å². The van der Waals surface area contributed by atoms with Gasteiger partial charge in [-0.15, -0.1) is 0 Å². The van der Waals surface area contributed by atoms with Gasteiger partial charge >= 0.3 is 0 Å². The highest BCUT2D eigenvalue weighted by atomic mass is 19.1. The van der Waals surface area contributed by atoms with Crippen molar-refractivity contribution < 1.29 is 9.50 Å². The summed E-state index contributed by atoms with van der Waals surface area (Å²) in [4.78, 5) is 2.45. The minimum atomic E-state index is -0.318. The molecule has 1 aromatic carbocycles. The van der Waals surface area contributed by atoms with Gasteiger partial charge in [0.05, 0.1) is 5.56 Å². The lowest BCUT2D eigenvalue weighted by atomic mass is 9.98. The van der Waals surface area contributed by atoms with Gasteiger partial charge in [0.15, 0.2) is 0 Å². The van der Waals surface area contributed by atoms with Crippen molar-refractivity contribution in [3.05, 3.63) is 35.1 Å². The second-order valence-corrected chi connectivity index (χ2v) is 5.76. The fraction of sp³-hybridized carbons (Fsp3) is 0.556. The van der Waals surface area contributed by atoms with Gasteiger partial charge in [-0.2, -0.15) is 0 Å². The first kappa shape index (κ1) is 16.0. The zero-order valence-corrected chi connectivity index (χ0v) is 12.7. The fourth-order valence-corrected chi connectivity index (χ4v) is 2.95. The van der Waals surface area contributed by atoms with E-state index < -0.39 is 0 Å². The highest BCUT2D eigenvalue weighted by molar-refractivity contribution is 5.38. The number of aliphatic hydroxyl groups excluding tert-OH is 1. The molecule has 0 amide bonds. The molecule has 1 atom stereocenters. The Morgan fingerprint density at radius 3 is 2.95 bits per heavy atom. The molecule has 1 N–H and O–H groups in total. The predicted molar refractivity (Wildman–Crippen MR) is 83.3 cm³/mol. The topological polar surface area (TPSA) is 23.5 Å². The Labute approximate surface area is 127 Å². The molecule has 0 aromatic heterocycles. The molecule has 3 heteroatoms. The minimum absolute atomic E-state index is 0.242. The summed E-state index contributed by atoms with van der Waals surface area (Å²) in [7, 11) is 0. The first-order valence-electron chi connectivity index (χ1n) is 7.83. The van der Waals surface area contributed by atoms with Gasteiger partial charge in [0, 0.05) is 6.54 Å². The van der Waals surface area contributed by atoms with E-state index in [1.165, 1.54) is 31.7 Å². The van der Waals surface area contributed by atoms with E-state index in [9.17, 15) is 4.39 Å². The van der Waals surface area contributed by atoms with Crippen molar-refractivity contribution in [1.82, 2.24) is 4.90 Å². The monoisotopic (exact) mass is 289 g/mol. The number of rotatable bonds is 3. The van der Waals surface area contributed by atoms with Crippen LogP contribution >= 0.6 is 0 Å². The SMILES string of the molecule is CCC1CCCN(Cc2ccc(F)c(C#CCO)c2)CC1. The van der Waals surface area contributed by atoms with Crippen molar-refractivity contribution in [2.45, 2.75) is 39.2 Å². The standard InChI is InChI=1S/C18H24FNO/c1-2-15-5-3-10-20(11-9-15)14-16-7-8-18(19)17(13-16)6-4-12-21/h7-8,13,15,21H,2-3,5,9-12,14H2,1H3. The minimum Gasteiger partial charge on any atom is -0.384 e. The van der Waals surface area contributed by atoms with Crippen LogP contribution in [0.1, 0.15) is 43.7 Å². The van der Waals surface area contributed by atoms with Crippen LogP contribution in [0.25, 0.3) is 0 Å². The number of halogens is 1. The predicted octanol–water partition coefficient (Wildman–Crippen LogP) is 3.18. The largest absolute Gasteiger partial charge is 0.384 e. The van der Waals surface area contributed by atoms with Crippen molar-refractivity contribution in [2.75, 3.05) is 19.7 Å². The van der Waals surface area contributed by atoms with Gasteiger partial charge in [-0.25, -0.2) is 4.39 Å². The van der Waals surface area contributed by atoms with Crippen LogP contribution < -0.4 is 0 Å². The van der Waals surface area contributed by atoms with Crippen molar-refractivity contribution in [1.29, 1.82) is 0 Å². The second-order valence-electron chi connectivity index (χ2n) is 5.76. The summed E-state index contributed by atoms with van der Waals surface area (Å²) in [5.74, 6) is 5.72. The molecule has 2 nitrogen and oxygen atoms in total. The van der Waals surface area contributed by atoms with E-state index in [2.05, 4.69) is 23.7 Å². The van der Waals surface area contributed by atoms with Gasteiger partial charge in [0.25, 0.3) is 0 Å². The Morgan fingerprint density at radius 2 is 2.19 bits per heavy atom. The maximum atomic E-state index is 13.6. The van der Waals surface area contributed by atoms with Gasteiger partial charge < -0.3 is 5.11 Å². The molecule has 1 heterocycles. The zero-order chi connectivity index (χ0) is 15.1. The zero-order valence-electron chi connectivity index (χ0n) is 12.7. The molecule has 0 spiro atoms.